The minimum absolute atomic E-state index is 0.525. The van der Waals surface area contributed by atoms with Gasteiger partial charge < -0.3 is 9.46 Å². The van der Waals surface area contributed by atoms with Crippen LogP contribution in [0.1, 0.15) is 24.1 Å². The van der Waals surface area contributed by atoms with Gasteiger partial charge in [0.05, 0.1) is 17.6 Å². The number of fused-ring (bicyclic) bond motifs is 1. The van der Waals surface area contributed by atoms with Crippen LogP contribution in [0.4, 0.5) is 5.82 Å². The van der Waals surface area contributed by atoms with Crippen molar-refractivity contribution in [3.05, 3.63) is 65.2 Å². The van der Waals surface area contributed by atoms with Crippen LogP contribution in [0.25, 0.3) is 11.3 Å². The third-order valence-corrected chi connectivity index (χ3v) is 7.04. The second-order valence-electron chi connectivity index (χ2n) is 7.76. The number of hydrogen-bond donors (Lipinski definition) is 0. The van der Waals surface area contributed by atoms with Crippen LogP contribution in [0.15, 0.2) is 48.8 Å². The van der Waals surface area contributed by atoms with Crippen molar-refractivity contribution in [2.24, 2.45) is 0 Å². The first-order valence-corrected chi connectivity index (χ1v) is 12.8. The van der Waals surface area contributed by atoms with Gasteiger partial charge in [-0.25, -0.2) is 9.97 Å². The van der Waals surface area contributed by atoms with E-state index in [0.29, 0.717) is 11.7 Å². The summed E-state index contributed by atoms with van der Waals surface area (Å²) in [5.74, 6) is 0.904. The minimum atomic E-state index is -2.34. The quantitative estimate of drug-likeness (QED) is 0.443. The van der Waals surface area contributed by atoms with Crippen LogP contribution in [0, 0.1) is 0 Å². The highest BCUT2D eigenvalue weighted by molar-refractivity contribution is 7.70. The van der Waals surface area contributed by atoms with E-state index >= 15 is 0 Å². The molecule has 4 rings (SSSR count). The number of benzene rings is 1. The van der Waals surface area contributed by atoms with Gasteiger partial charge in [-0.1, -0.05) is 35.9 Å². The Hall–Kier alpha value is -2.23. The minimum Gasteiger partial charge on any atom is -0.351 e. The normalized spacial score (nSPS) is 14.4. The molecule has 0 amide bonds. The molecule has 0 aliphatic carbocycles. The Morgan fingerprint density at radius 2 is 2.00 bits per heavy atom. The summed E-state index contributed by atoms with van der Waals surface area (Å²) < 4.78 is 12.5. The molecule has 0 fully saturated rings. The van der Waals surface area contributed by atoms with Gasteiger partial charge in [-0.15, -0.1) is 0 Å². The van der Waals surface area contributed by atoms with Gasteiger partial charge in [0.2, 0.25) is 0 Å². The van der Waals surface area contributed by atoms with Gasteiger partial charge in [-0.05, 0) is 44.7 Å². The molecule has 0 spiro atoms. The zero-order chi connectivity index (χ0) is 20.4. The molecule has 2 aromatic heterocycles. The average Bonchev–Trinajstić information content (AvgIpc) is 2.91. The predicted octanol–water partition coefficient (Wildman–Crippen LogP) is 4.78. The summed E-state index contributed by atoms with van der Waals surface area (Å²) >= 11 is 6.30. The van der Waals surface area contributed by atoms with Gasteiger partial charge in [-0.3, -0.25) is 4.98 Å². The molecule has 3 aromatic rings. The number of nitrogens with zero attached hydrogens (tertiary/aromatic N) is 4. The third kappa shape index (κ3) is 4.52. The number of anilines is 1. The maximum atomic E-state index is 12.5. The van der Waals surface area contributed by atoms with Crippen molar-refractivity contribution in [2.75, 3.05) is 24.8 Å². The molecule has 29 heavy (non-hydrogen) atoms. The maximum Gasteiger partial charge on any atom is 0.151 e. The smallest absolute Gasteiger partial charge is 0.151 e. The number of hydrogen-bond acceptors (Lipinski definition) is 5. The highest BCUT2D eigenvalue weighted by Gasteiger charge is 2.21. The number of aromatic nitrogens is 3. The van der Waals surface area contributed by atoms with Crippen molar-refractivity contribution in [3.8, 4) is 11.3 Å². The molecule has 0 bridgehead atoms. The predicted molar refractivity (Wildman–Crippen MR) is 120 cm³/mol. The van der Waals surface area contributed by atoms with E-state index in [1.165, 1.54) is 0 Å². The molecule has 5 nitrogen and oxygen atoms in total. The van der Waals surface area contributed by atoms with Gasteiger partial charge >= 0.3 is 0 Å². The van der Waals surface area contributed by atoms with E-state index in [4.69, 9.17) is 21.6 Å². The SMILES string of the molecule is CP(C)(=O)c1cccc(-c2cnc3c(n2)N(Cc2cccnc2Cl)CCCC3)c1. The molecular formula is C22H24ClN4OP. The molecule has 0 atom stereocenters. The third-order valence-electron chi connectivity index (χ3n) is 5.18. The van der Waals surface area contributed by atoms with E-state index < -0.39 is 7.14 Å². The van der Waals surface area contributed by atoms with Crippen LogP contribution in [-0.4, -0.2) is 34.8 Å². The Morgan fingerprint density at radius 1 is 1.14 bits per heavy atom. The number of rotatable bonds is 4. The average molecular weight is 427 g/mol. The van der Waals surface area contributed by atoms with E-state index in [1.54, 1.807) is 19.5 Å². The van der Waals surface area contributed by atoms with E-state index in [9.17, 15) is 4.57 Å². The van der Waals surface area contributed by atoms with E-state index in [-0.39, 0.29) is 0 Å². The summed E-state index contributed by atoms with van der Waals surface area (Å²) in [5, 5.41) is 1.38. The van der Waals surface area contributed by atoms with Crippen molar-refractivity contribution in [1.29, 1.82) is 0 Å². The first kappa shape index (κ1) is 20.1. The Bertz CT molecular complexity index is 1080. The van der Waals surface area contributed by atoms with Crippen molar-refractivity contribution in [2.45, 2.75) is 25.8 Å². The number of halogens is 1. The van der Waals surface area contributed by atoms with Crippen molar-refractivity contribution >= 4 is 29.9 Å². The molecule has 0 N–H and O–H groups in total. The molecule has 0 radical (unpaired) electrons. The summed E-state index contributed by atoms with van der Waals surface area (Å²) in [7, 11) is -2.34. The summed E-state index contributed by atoms with van der Waals surface area (Å²) in [4.78, 5) is 16.2. The fraction of sp³-hybridized carbons (Fsp3) is 0.318. The molecule has 3 heterocycles. The molecule has 0 saturated carbocycles. The van der Waals surface area contributed by atoms with Crippen molar-refractivity contribution in [3.63, 3.8) is 0 Å². The lowest BCUT2D eigenvalue weighted by atomic mass is 10.1. The second-order valence-corrected chi connectivity index (χ2v) is 11.3. The van der Waals surface area contributed by atoms with Crippen LogP contribution in [0.2, 0.25) is 5.15 Å². The van der Waals surface area contributed by atoms with Gasteiger partial charge in [-0.2, -0.15) is 0 Å². The van der Waals surface area contributed by atoms with Crippen LogP contribution in [0.5, 0.6) is 0 Å². The topological polar surface area (TPSA) is 59.0 Å². The number of pyridine rings is 1. The van der Waals surface area contributed by atoms with Crippen molar-refractivity contribution in [1.82, 2.24) is 15.0 Å². The Labute approximate surface area is 176 Å². The van der Waals surface area contributed by atoms with Crippen LogP contribution in [0.3, 0.4) is 0 Å². The highest BCUT2D eigenvalue weighted by Crippen LogP contribution is 2.36. The summed E-state index contributed by atoms with van der Waals surface area (Å²) in [6, 6.07) is 11.7. The fourth-order valence-electron chi connectivity index (χ4n) is 3.57. The van der Waals surface area contributed by atoms with E-state index in [1.807, 2.05) is 42.6 Å². The van der Waals surface area contributed by atoms with Gasteiger partial charge in [0.15, 0.2) is 5.82 Å². The van der Waals surface area contributed by atoms with E-state index in [0.717, 1.165) is 59.4 Å². The molecule has 7 heteroatoms. The Morgan fingerprint density at radius 3 is 2.79 bits per heavy atom. The molecular weight excluding hydrogens is 403 g/mol. The largest absolute Gasteiger partial charge is 0.351 e. The fourth-order valence-corrected chi connectivity index (χ4v) is 4.65. The standard InChI is InChI=1S/C22H24ClN4OP/c1-29(2,28)18-9-5-7-16(13-18)20-14-25-19-10-3-4-12-27(22(19)26-20)15-17-8-6-11-24-21(17)23/h5-9,11,13-14H,3-4,10,12,15H2,1-2H3. The highest BCUT2D eigenvalue weighted by atomic mass is 35.5. The zero-order valence-corrected chi connectivity index (χ0v) is 18.3. The first-order valence-electron chi connectivity index (χ1n) is 9.78. The molecule has 0 saturated heterocycles. The number of aryl methyl sites for hydroxylation is 1. The molecule has 1 aliphatic rings. The Balaban J connectivity index is 1.73. The molecule has 150 valence electrons. The lowest BCUT2D eigenvalue weighted by Crippen LogP contribution is -2.25. The van der Waals surface area contributed by atoms with E-state index in [2.05, 4.69) is 9.88 Å². The maximum absolute atomic E-state index is 12.5. The van der Waals surface area contributed by atoms with Gasteiger partial charge in [0.25, 0.3) is 0 Å². The molecule has 0 unspecified atom stereocenters. The summed E-state index contributed by atoms with van der Waals surface area (Å²) in [6.45, 7) is 5.12. The van der Waals surface area contributed by atoms with Gasteiger partial charge in [0.1, 0.15) is 12.3 Å². The Kier molecular flexibility index (Phi) is 5.71. The van der Waals surface area contributed by atoms with Crippen molar-refractivity contribution < 1.29 is 4.57 Å². The lowest BCUT2D eigenvalue weighted by molar-refractivity contribution is 0.588. The first-order chi connectivity index (χ1) is 13.9. The lowest BCUT2D eigenvalue weighted by Gasteiger charge is -2.24. The van der Waals surface area contributed by atoms with Crippen LogP contribution >= 0.6 is 18.7 Å². The van der Waals surface area contributed by atoms with Crippen LogP contribution < -0.4 is 10.2 Å². The summed E-state index contributed by atoms with van der Waals surface area (Å²) in [6.07, 6.45) is 6.61. The summed E-state index contributed by atoms with van der Waals surface area (Å²) in [5.41, 5.74) is 3.72. The van der Waals surface area contributed by atoms with Gasteiger partial charge in [0, 0.05) is 35.7 Å². The molecule has 1 aliphatic heterocycles. The van der Waals surface area contributed by atoms with Crippen LogP contribution in [-0.2, 0) is 17.5 Å². The monoisotopic (exact) mass is 426 g/mol. The molecule has 1 aromatic carbocycles. The second kappa shape index (κ2) is 8.25. The zero-order valence-electron chi connectivity index (χ0n) is 16.7.